The Morgan fingerprint density at radius 3 is 2.25 bits per heavy atom. The van der Waals surface area contributed by atoms with Gasteiger partial charge in [-0.25, -0.2) is 9.18 Å². The molecule has 0 atom stereocenters. The van der Waals surface area contributed by atoms with E-state index in [1.807, 2.05) is 0 Å². The van der Waals surface area contributed by atoms with Crippen LogP contribution in [0, 0.1) is 5.82 Å². The molecule has 3 rings (SSSR count). The summed E-state index contributed by atoms with van der Waals surface area (Å²) in [6, 6.07) is 12.5. The zero-order valence-electron chi connectivity index (χ0n) is 15.6. The topological polar surface area (TPSA) is 66.9 Å². The van der Waals surface area contributed by atoms with Crippen molar-refractivity contribution in [3.63, 3.8) is 0 Å². The lowest BCUT2D eigenvalue weighted by atomic mass is 10.1. The van der Waals surface area contributed by atoms with E-state index in [2.05, 4.69) is 4.90 Å². The van der Waals surface area contributed by atoms with Crippen molar-refractivity contribution in [2.45, 2.75) is 6.92 Å². The lowest BCUT2D eigenvalue weighted by Gasteiger charge is -2.36. The molecule has 1 heterocycles. The molecule has 0 spiro atoms. The van der Waals surface area contributed by atoms with Crippen molar-refractivity contribution in [1.29, 1.82) is 0 Å². The van der Waals surface area contributed by atoms with Crippen molar-refractivity contribution in [2.24, 2.45) is 0 Å². The number of esters is 1. The largest absolute Gasteiger partial charge is 0.452 e. The molecule has 1 amide bonds. The molecule has 1 aliphatic heterocycles. The highest BCUT2D eigenvalue weighted by Gasteiger charge is 2.22. The molecule has 1 aliphatic rings. The smallest absolute Gasteiger partial charge is 0.338 e. The van der Waals surface area contributed by atoms with Gasteiger partial charge in [0.15, 0.2) is 12.4 Å². The van der Waals surface area contributed by atoms with E-state index >= 15 is 0 Å². The third kappa shape index (κ3) is 4.73. The van der Waals surface area contributed by atoms with Crippen LogP contribution in [0.1, 0.15) is 27.6 Å². The van der Waals surface area contributed by atoms with Crippen LogP contribution in [0.15, 0.2) is 48.5 Å². The number of Topliss-reactive ketones (excluding diaryl/α,β-unsaturated/α-hetero) is 1. The van der Waals surface area contributed by atoms with Crippen LogP contribution >= 0.6 is 0 Å². The number of ether oxygens (including phenoxy) is 1. The Balaban J connectivity index is 1.49. The Kier molecular flexibility index (Phi) is 6.03. The van der Waals surface area contributed by atoms with Crippen LogP contribution in [0.25, 0.3) is 0 Å². The molecule has 1 fully saturated rings. The number of halogens is 1. The second-order valence-electron chi connectivity index (χ2n) is 6.56. The Bertz CT molecular complexity index is 874. The summed E-state index contributed by atoms with van der Waals surface area (Å²) < 4.78 is 18.1. The molecule has 0 radical (unpaired) electrons. The number of amides is 1. The molecular formula is C21H21FN2O4. The maximum atomic E-state index is 13.0. The molecule has 1 saturated heterocycles. The average Bonchev–Trinajstić information content (AvgIpc) is 2.72. The van der Waals surface area contributed by atoms with Gasteiger partial charge in [0.1, 0.15) is 5.82 Å². The summed E-state index contributed by atoms with van der Waals surface area (Å²) in [6.07, 6.45) is 0. The number of benzene rings is 2. The van der Waals surface area contributed by atoms with Gasteiger partial charge >= 0.3 is 5.97 Å². The second kappa shape index (κ2) is 8.65. The number of carbonyl (C=O) groups is 3. The first-order chi connectivity index (χ1) is 13.4. The van der Waals surface area contributed by atoms with Crippen molar-refractivity contribution < 1.29 is 23.5 Å². The summed E-state index contributed by atoms with van der Waals surface area (Å²) in [5, 5.41) is 0. The van der Waals surface area contributed by atoms with E-state index in [1.165, 1.54) is 25.1 Å². The number of piperazine rings is 1. The van der Waals surface area contributed by atoms with E-state index in [-0.39, 0.29) is 29.7 Å². The third-order valence-electron chi connectivity index (χ3n) is 4.66. The van der Waals surface area contributed by atoms with Gasteiger partial charge in [0.2, 0.25) is 0 Å². The number of hydrogen-bond donors (Lipinski definition) is 0. The molecule has 6 nitrogen and oxygen atoms in total. The Labute approximate surface area is 162 Å². The van der Waals surface area contributed by atoms with Crippen LogP contribution in [0.3, 0.4) is 0 Å². The number of ketones is 1. The zero-order chi connectivity index (χ0) is 20.1. The highest BCUT2D eigenvalue weighted by Crippen LogP contribution is 2.17. The predicted molar refractivity (Wildman–Crippen MR) is 102 cm³/mol. The summed E-state index contributed by atoms with van der Waals surface area (Å²) in [7, 11) is 0. The maximum absolute atomic E-state index is 13.0. The van der Waals surface area contributed by atoms with E-state index in [1.54, 1.807) is 35.2 Å². The molecule has 0 aromatic heterocycles. The van der Waals surface area contributed by atoms with Crippen molar-refractivity contribution in [2.75, 3.05) is 37.7 Å². The first-order valence-corrected chi connectivity index (χ1v) is 9.00. The summed E-state index contributed by atoms with van der Waals surface area (Å²) in [5.41, 5.74) is 1.56. The molecule has 0 bridgehead atoms. The highest BCUT2D eigenvalue weighted by atomic mass is 19.1. The fraction of sp³-hybridized carbons (Fsp3) is 0.286. The zero-order valence-corrected chi connectivity index (χ0v) is 15.6. The van der Waals surface area contributed by atoms with Crippen LogP contribution in [0.2, 0.25) is 0 Å². The predicted octanol–water partition coefficient (Wildman–Crippen LogP) is 2.53. The summed E-state index contributed by atoms with van der Waals surface area (Å²) in [5.74, 6) is -1.34. The highest BCUT2D eigenvalue weighted by molar-refractivity contribution is 5.98. The fourth-order valence-corrected chi connectivity index (χ4v) is 3.03. The van der Waals surface area contributed by atoms with Gasteiger partial charge in [-0.1, -0.05) is 12.1 Å². The minimum absolute atomic E-state index is 0.148. The minimum Gasteiger partial charge on any atom is -0.452 e. The number of carbonyl (C=O) groups excluding carboxylic acids is 3. The maximum Gasteiger partial charge on any atom is 0.338 e. The van der Waals surface area contributed by atoms with Crippen LogP contribution < -0.4 is 4.90 Å². The van der Waals surface area contributed by atoms with Crippen LogP contribution in [-0.2, 0) is 9.53 Å². The first kappa shape index (κ1) is 19.5. The number of nitrogens with zero attached hydrogens (tertiary/aromatic N) is 2. The first-order valence-electron chi connectivity index (χ1n) is 9.00. The fourth-order valence-electron chi connectivity index (χ4n) is 3.03. The molecule has 0 unspecified atom stereocenters. The number of hydrogen-bond acceptors (Lipinski definition) is 5. The lowest BCUT2D eigenvalue weighted by molar-refractivity contribution is -0.134. The standard InChI is InChI=1S/C21H21FN2O4/c1-15(25)16-3-2-4-17(13-16)21(27)28-14-20(26)24-11-9-23(10-12-24)19-7-5-18(22)6-8-19/h2-8,13H,9-12,14H2,1H3. The van der Waals surface area contributed by atoms with E-state index in [0.717, 1.165) is 5.69 Å². The van der Waals surface area contributed by atoms with Gasteiger partial charge in [-0.2, -0.15) is 0 Å². The van der Waals surface area contributed by atoms with Crippen molar-refractivity contribution in [1.82, 2.24) is 4.90 Å². The number of rotatable bonds is 5. The van der Waals surface area contributed by atoms with Gasteiger partial charge in [0, 0.05) is 37.4 Å². The molecular weight excluding hydrogens is 363 g/mol. The molecule has 28 heavy (non-hydrogen) atoms. The summed E-state index contributed by atoms with van der Waals surface area (Å²) >= 11 is 0. The van der Waals surface area contributed by atoms with Gasteiger partial charge in [-0.05, 0) is 43.3 Å². The Morgan fingerprint density at radius 2 is 1.61 bits per heavy atom. The molecule has 146 valence electrons. The van der Waals surface area contributed by atoms with Gasteiger partial charge in [-0.15, -0.1) is 0 Å². The Hall–Kier alpha value is -3.22. The molecule has 7 heteroatoms. The SMILES string of the molecule is CC(=O)c1cccc(C(=O)OCC(=O)N2CCN(c3ccc(F)cc3)CC2)c1. The normalized spacial score (nSPS) is 13.9. The minimum atomic E-state index is -0.638. The van der Waals surface area contributed by atoms with Crippen LogP contribution in [0.4, 0.5) is 10.1 Å². The summed E-state index contributed by atoms with van der Waals surface area (Å²) in [6.45, 7) is 3.29. The molecule has 0 N–H and O–H groups in total. The average molecular weight is 384 g/mol. The van der Waals surface area contributed by atoms with E-state index in [4.69, 9.17) is 4.74 Å². The van der Waals surface area contributed by atoms with Crippen LogP contribution in [-0.4, -0.2) is 55.3 Å². The molecule has 2 aromatic carbocycles. The molecule has 0 aliphatic carbocycles. The van der Waals surface area contributed by atoms with E-state index in [9.17, 15) is 18.8 Å². The second-order valence-corrected chi connectivity index (χ2v) is 6.56. The molecule has 0 saturated carbocycles. The lowest BCUT2D eigenvalue weighted by Crippen LogP contribution is -2.49. The van der Waals surface area contributed by atoms with Crippen molar-refractivity contribution in [3.05, 3.63) is 65.5 Å². The number of anilines is 1. The molecule has 2 aromatic rings. The van der Waals surface area contributed by atoms with Gasteiger partial charge in [-0.3, -0.25) is 9.59 Å². The van der Waals surface area contributed by atoms with Gasteiger partial charge in [0.05, 0.1) is 5.56 Å². The van der Waals surface area contributed by atoms with Crippen molar-refractivity contribution in [3.8, 4) is 0 Å². The van der Waals surface area contributed by atoms with Crippen molar-refractivity contribution >= 4 is 23.3 Å². The Morgan fingerprint density at radius 1 is 0.964 bits per heavy atom. The third-order valence-corrected chi connectivity index (χ3v) is 4.66. The van der Waals surface area contributed by atoms with E-state index < -0.39 is 5.97 Å². The monoisotopic (exact) mass is 384 g/mol. The summed E-state index contributed by atoms with van der Waals surface area (Å²) in [4.78, 5) is 39.6. The van der Waals surface area contributed by atoms with Gasteiger partial charge in [0.25, 0.3) is 5.91 Å². The van der Waals surface area contributed by atoms with Crippen LogP contribution in [0.5, 0.6) is 0 Å². The van der Waals surface area contributed by atoms with Gasteiger partial charge < -0.3 is 14.5 Å². The van der Waals surface area contributed by atoms with E-state index in [0.29, 0.717) is 31.7 Å². The quantitative estimate of drug-likeness (QED) is 0.585.